The summed E-state index contributed by atoms with van der Waals surface area (Å²) >= 11 is 0. The van der Waals surface area contributed by atoms with Crippen LogP contribution in [0, 0.1) is 18.6 Å². The molecule has 0 aliphatic carbocycles. The van der Waals surface area contributed by atoms with Gasteiger partial charge in [0.25, 0.3) is 0 Å². The summed E-state index contributed by atoms with van der Waals surface area (Å²) in [7, 11) is 0. The van der Waals surface area contributed by atoms with Crippen molar-refractivity contribution in [1.82, 2.24) is 14.9 Å². The van der Waals surface area contributed by atoms with Crippen LogP contribution in [0.15, 0.2) is 54.6 Å². The number of rotatable bonds is 8. The SMILES string of the molecule is Cc1nc2ccc(-c3ccc4c(c3)CN(C(=O)CCC[C@H](O)C[C@@H](C)c3ccc(F)c(F)c3)CCO4)cc2[nH]1. The molecule has 5 rings (SSSR count). The largest absolute Gasteiger partial charge is 0.491 e. The number of ether oxygens (including phenoxy) is 1. The van der Waals surface area contributed by atoms with Gasteiger partial charge in [-0.3, -0.25) is 4.79 Å². The van der Waals surface area contributed by atoms with Crippen molar-refractivity contribution in [2.24, 2.45) is 0 Å². The Bertz CT molecular complexity index is 1490. The number of halogens is 2. The Kier molecular flexibility index (Phi) is 7.93. The van der Waals surface area contributed by atoms with Gasteiger partial charge in [-0.05, 0) is 85.2 Å². The van der Waals surface area contributed by atoms with Crippen molar-refractivity contribution in [1.29, 1.82) is 0 Å². The highest BCUT2D eigenvalue weighted by atomic mass is 19.2. The minimum absolute atomic E-state index is 0.0204. The molecule has 1 aliphatic rings. The summed E-state index contributed by atoms with van der Waals surface area (Å²) in [5.41, 5.74) is 5.61. The van der Waals surface area contributed by atoms with Gasteiger partial charge in [0.15, 0.2) is 11.6 Å². The monoisotopic (exact) mass is 533 g/mol. The molecule has 1 aromatic heterocycles. The van der Waals surface area contributed by atoms with Crippen LogP contribution in [0.2, 0.25) is 0 Å². The smallest absolute Gasteiger partial charge is 0.222 e. The molecule has 1 aliphatic heterocycles. The van der Waals surface area contributed by atoms with Gasteiger partial charge >= 0.3 is 0 Å². The normalized spacial score (nSPS) is 14.9. The quantitative estimate of drug-likeness (QED) is 0.280. The van der Waals surface area contributed by atoms with E-state index in [1.165, 1.54) is 6.07 Å². The fourth-order valence-corrected chi connectivity index (χ4v) is 5.23. The molecule has 0 saturated heterocycles. The molecular weight excluding hydrogens is 500 g/mol. The molecule has 0 saturated carbocycles. The summed E-state index contributed by atoms with van der Waals surface area (Å²) < 4.78 is 32.7. The molecule has 6 nitrogen and oxygen atoms in total. The lowest BCUT2D eigenvalue weighted by molar-refractivity contribution is -0.132. The summed E-state index contributed by atoms with van der Waals surface area (Å²) in [6, 6.07) is 16.0. The van der Waals surface area contributed by atoms with Gasteiger partial charge in [0.1, 0.15) is 18.2 Å². The first-order valence-corrected chi connectivity index (χ1v) is 13.4. The molecule has 4 aromatic rings. The Morgan fingerprint density at radius 1 is 1.10 bits per heavy atom. The highest BCUT2D eigenvalue weighted by Crippen LogP contribution is 2.31. The van der Waals surface area contributed by atoms with Gasteiger partial charge in [-0.25, -0.2) is 13.8 Å². The molecular formula is C31H33F2N3O3. The molecule has 39 heavy (non-hydrogen) atoms. The van der Waals surface area contributed by atoms with Gasteiger partial charge in [-0.1, -0.05) is 25.1 Å². The van der Waals surface area contributed by atoms with Crippen molar-refractivity contribution in [3.05, 3.63) is 83.2 Å². The van der Waals surface area contributed by atoms with Gasteiger partial charge in [-0.2, -0.15) is 0 Å². The van der Waals surface area contributed by atoms with E-state index in [4.69, 9.17) is 4.74 Å². The van der Waals surface area contributed by atoms with Gasteiger partial charge in [0.05, 0.1) is 23.7 Å². The van der Waals surface area contributed by atoms with Crippen molar-refractivity contribution in [2.45, 2.75) is 58.1 Å². The number of amides is 1. The summed E-state index contributed by atoms with van der Waals surface area (Å²) in [5, 5.41) is 10.5. The predicted molar refractivity (Wildman–Crippen MR) is 146 cm³/mol. The van der Waals surface area contributed by atoms with Gasteiger partial charge < -0.3 is 19.7 Å². The Hall–Kier alpha value is -3.78. The molecule has 2 heterocycles. The van der Waals surface area contributed by atoms with E-state index in [1.54, 1.807) is 6.07 Å². The van der Waals surface area contributed by atoms with E-state index in [9.17, 15) is 18.7 Å². The van der Waals surface area contributed by atoms with Gasteiger partial charge in [-0.15, -0.1) is 0 Å². The Labute approximate surface area is 226 Å². The van der Waals surface area contributed by atoms with Crippen molar-refractivity contribution in [3.8, 4) is 16.9 Å². The van der Waals surface area contributed by atoms with Crippen molar-refractivity contribution < 1.29 is 23.4 Å². The molecule has 0 fully saturated rings. The van der Waals surface area contributed by atoms with Crippen LogP contribution in [0.1, 0.15) is 55.5 Å². The van der Waals surface area contributed by atoms with Crippen LogP contribution < -0.4 is 4.74 Å². The van der Waals surface area contributed by atoms with Crippen LogP contribution in [0.4, 0.5) is 8.78 Å². The number of carbonyl (C=O) groups excluding carboxylic acids is 1. The van der Waals surface area contributed by atoms with Crippen molar-refractivity contribution >= 4 is 16.9 Å². The molecule has 1 amide bonds. The maximum absolute atomic E-state index is 13.5. The van der Waals surface area contributed by atoms with E-state index in [1.807, 2.05) is 43.0 Å². The van der Waals surface area contributed by atoms with E-state index < -0.39 is 17.7 Å². The lowest BCUT2D eigenvalue weighted by atomic mass is 9.93. The number of aryl methyl sites for hydroxylation is 1. The molecule has 204 valence electrons. The van der Waals surface area contributed by atoms with E-state index >= 15 is 0 Å². The van der Waals surface area contributed by atoms with Crippen molar-refractivity contribution in [2.75, 3.05) is 13.2 Å². The van der Waals surface area contributed by atoms with Crippen molar-refractivity contribution in [3.63, 3.8) is 0 Å². The fourth-order valence-electron chi connectivity index (χ4n) is 5.23. The number of benzene rings is 3. The average Bonchev–Trinajstić information content (AvgIpc) is 3.15. The summed E-state index contributed by atoms with van der Waals surface area (Å²) in [5.74, 6) is -0.215. The minimum Gasteiger partial charge on any atom is -0.491 e. The topological polar surface area (TPSA) is 78.5 Å². The lowest BCUT2D eigenvalue weighted by Crippen LogP contribution is -2.32. The Balaban J connectivity index is 1.17. The second-order valence-electron chi connectivity index (χ2n) is 10.4. The van der Waals surface area contributed by atoms with Gasteiger partial charge in [0, 0.05) is 18.5 Å². The Morgan fingerprint density at radius 2 is 1.90 bits per heavy atom. The molecule has 0 unspecified atom stereocenters. The number of hydrogen-bond acceptors (Lipinski definition) is 4. The zero-order chi connectivity index (χ0) is 27.5. The molecule has 0 spiro atoms. The average molecular weight is 534 g/mol. The second kappa shape index (κ2) is 11.5. The number of aliphatic hydroxyl groups excluding tert-OH is 1. The van der Waals surface area contributed by atoms with Crippen LogP contribution in [0.5, 0.6) is 5.75 Å². The highest BCUT2D eigenvalue weighted by Gasteiger charge is 2.21. The zero-order valence-electron chi connectivity index (χ0n) is 22.2. The number of imidazole rings is 1. The van der Waals surface area contributed by atoms with E-state index in [0.717, 1.165) is 45.4 Å². The van der Waals surface area contributed by atoms with Crippen LogP contribution in [-0.4, -0.2) is 45.1 Å². The first-order valence-electron chi connectivity index (χ1n) is 13.4. The number of H-pyrrole nitrogens is 1. The number of nitrogens with zero attached hydrogens (tertiary/aromatic N) is 2. The third-order valence-electron chi connectivity index (χ3n) is 7.39. The fraction of sp³-hybridized carbons (Fsp3) is 0.355. The lowest BCUT2D eigenvalue weighted by Gasteiger charge is -2.21. The molecule has 2 atom stereocenters. The molecule has 8 heteroatoms. The standard InChI is InChI=1S/C31H33F2N3O3/c1-19(21-6-9-26(32)27(33)16-21)14-25(37)4-3-5-31(38)36-12-13-39-30-11-8-22(15-24(30)18-36)23-7-10-28-29(17-23)35-20(2)34-28/h6-11,15-17,19,25,37H,3-5,12-14,18H2,1-2H3,(H,34,35)/t19-,25+/m1/s1. The highest BCUT2D eigenvalue weighted by molar-refractivity contribution is 5.82. The summed E-state index contributed by atoms with van der Waals surface area (Å²) in [6.45, 7) is 5.19. The summed E-state index contributed by atoms with van der Waals surface area (Å²) in [6.07, 6.45) is 1.10. The summed E-state index contributed by atoms with van der Waals surface area (Å²) in [4.78, 5) is 22.6. The minimum atomic E-state index is -0.886. The third-order valence-corrected chi connectivity index (χ3v) is 7.39. The van der Waals surface area contributed by atoms with Crippen LogP contribution in [0.3, 0.4) is 0 Å². The molecule has 2 N–H and O–H groups in total. The molecule has 0 bridgehead atoms. The third kappa shape index (κ3) is 6.28. The number of aromatic nitrogens is 2. The second-order valence-corrected chi connectivity index (χ2v) is 10.4. The number of fused-ring (bicyclic) bond motifs is 2. The number of carbonyl (C=O) groups is 1. The first-order chi connectivity index (χ1) is 18.8. The maximum Gasteiger partial charge on any atom is 0.222 e. The van der Waals surface area contributed by atoms with Crippen LogP contribution >= 0.6 is 0 Å². The number of aromatic amines is 1. The van der Waals surface area contributed by atoms with E-state index in [-0.39, 0.29) is 11.8 Å². The Morgan fingerprint density at radius 3 is 2.72 bits per heavy atom. The maximum atomic E-state index is 13.5. The van der Waals surface area contributed by atoms with Crippen LogP contribution in [0.25, 0.3) is 22.2 Å². The molecule has 0 radical (unpaired) electrons. The van der Waals surface area contributed by atoms with E-state index in [0.29, 0.717) is 50.9 Å². The zero-order valence-corrected chi connectivity index (χ0v) is 22.2. The van der Waals surface area contributed by atoms with E-state index in [2.05, 4.69) is 22.1 Å². The van der Waals surface area contributed by atoms with Crippen LogP contribution in [-0.2, 0) is 11.3 Å². The van der Waals surface area contributed by atoms with Gasteiger partial charge in [0.2, 0.25) is 5.91 Å². The predicted octanol–water partition coefficient (Wildman–Crippen LogP) is 6.26. The first kappa shape index (κ1) is 26.8. The number of hydrogen-bond donors (Lipinski definition) is 2. The number of aliphatic hydroxyl groups is 1. The molecule has 3 aromatic carbocycles. The number of nitrogens with one attached hydrogen (secondary N) is 1.